The minimum Gasteiger partial charge on any atom is -0.496 e. The van der Waals surface area contributed by atoms with Gasteiger partial charge in [-0.1, -0.05) is 25.2 Å². The number of methoxy groups -OCH3 is 1. The van der Waals surface area contributed by atoms with Crippen molar-refractivity contribution in [1.82, 2.24) is 4.98 Å². The fraction of sp³-hybridized carbons (Fsp3) is 0.609. The predicted molar refractivity (Wildman–Crippen MR) is 111 cm³/mol. The van der Waals surface area contributed by atoms with Crippen molar-refractivity contribution in [2.24, 2.45) is 0 Å². The van der Waals surface area contributed by atoms with Gasteiger partial charge in [-0.3, -0.25) is 4.98 Å². The summed E-state index contributed by atoms with van der Waals surface area (Å²) in [6.07, 6.45) is -23.3. The number of rotatable bonds is 7. The van der Waals surface area contributed by atoms with Crippen LogP contribution in [0.2, 0.25) is 0 Å². The highest BCUT2D eigenvalue weighted by molar-refractivity contribution is 7.10. The van der Waals surface area contributed by atoms with Crippen LogP contribution >= 0.6 is 11.3 Å². The molecule has 2 fully saturated rings. The van der Waals surface area contributed by atoms with Crippen molar-refractivity contribution in [2.45, 2.75) is 74.9 Å². The van der Waals surface area contributed by atoms with E-state index in [1.165, 1.54) is 42.8 Å². The number of thiophene rings is 1. The van der Waals surface area contributed by atoms with Crippen molar-refractivity contribution in [3.8, 4) is 5.75 Å². The normalized spacial score (nSPS) is 43.7. The lowest BCUT2D eigenvalue weighted by molar-refractivity contribution is -0.104. The monoisotopic (exact) mass is 399 g/mol. The van der Waals surface area contributed by atoms with Gasteiger partial charge >= 0.3 is 0 Å². The molecule has 0 aromatic carbocycles. The molecule has 27 heavy (non-hydrogen) atoms. The second-order valence-electron chi connectivity index (χ2n) is 6.23. The second-order valence-corrected chi connectivity index (χ2v) is 7.23. The van der Waals surface area contributed by atoms with Crippen LogP contribution in [-0.2, 0) is 16.6 Å². The van der Waals surface area contributed by atoms with Crippen molar-refractivity contribution in [2.75, 3.05) is 13.7 Å². The molecule has 1 aliphatic carbocycles. The zero-order chi connectivity index (χ0) is 31.1. The molecule has 0 unspecified atom stereocenters. The number of nitrogens with zero attached hydrogens (tertiary/aromatic N) is 1. The van der Waals surface area contributed by atoms with E-state index in [-0.39, 0.29) is 18.5 Å². The SMILES string of the molecule is [2H]C([2H])(CCc1sccc1OC)C[C@@]1(c2ccccn2)C([2H])([2H])COC2(C([2H])([2H])C([2H])([2H])C([2H])([2H])C2([2H])[2H])C1([2H])[2H]. The third-order valence-electron chi connectivity index (χ3n) is 4.54. The van der Waals surface area contributed by atoms with E-state index in [1.807, 2.05) is 0 Å². The van der Waals surface area contributed by atoms with Gasteiger partial charge in [0.15, 0.2) is 0 Å². The summed E-state index contributed by atoms with van der Waals surface area (Å²) in [5.74, 6) is 0.526. The van der Waals surface area contributed by atoms with Crippen LogP contribution in [0.3, 0.4) is 0 Å². The first-order chi connectivity index (χ1) is 18.5. The third-order valence-corrected chi connectivity index (χ3v) is 5.50. The molecule has 1 saturated heterocycles. The van der Waals surface area contributed by atoms with Crippen LogP contribution in [0.5, 0.6) is 5.75 Å². The lowest BCUT2D eigenvalue weighted by Crippen LogP contribution is -2.46. The maximum atomic E-state index is 9.41. The topological polar surface area (TPSA) is 31.4 Å². The van der Waals surface area contributed by atoms with Gasteiger partial charge in [-0.2, -0.15) is 0 Å². The van der Waals surface area contributed by atoms with Gasteiger partial charge in [0, 0.05) is 48.0 Å². The van der Waals surface area contributed by atoms with Gasteiger partial charge in [0.05, 0.1) is 12.7 Å². The minimum absolute atomic E-state index is 0.131. The number of ether oxygens (including phenoxy) is 2. The lowest BCUT2D eigenvalue weighted by Gasteiger charge is -2.46. The van der Waals surface area contributed by atoms with Gasteiger partial charge in [0.1, 0.15) is 5.75 Å². The zero-order valence-electron chi connectivity index (χ0n) is 29.0. The molecule has 0 bridgehead atoms. The second kappa shape index (κ2) is 8.32. The van der Waals surface area contributed by atoms with Gasteiger partial charge in [-0.05, 0) is 68.3 Å². The molecule has 146 valence electrons. The summed E-state index contributed by atoms with van der Waals surface area (Å²) in [7, 11) is 1.46. The highest BCUT2D eigenvalue weighted by Crippen LogP contribution is 2.50. The van der Waals surface area contributed by atoms with E-state index in [9.17, 15) is 2.74 Å². The maximum absolute atomic E-state index is 9.41. The minimum atomic E-state index is -3.69. The van der Waals surface area contributed by atoms with E-state index in [4.69, 9.17) is 25.9 Å². The molecule has 3 nitrogen and oxygen atoms in total. The summed E-state index contributed by atoms with van der Waals surface area (Å²) in [6, 6.07) is 5.80. The Labute approximate surface area is 186 Å². The Balaban J connectivity index is 1.97. The molecule has 2 aliphatic rings. The first-order valence-electron chi connectivity index (χ1n) is 15.7. The molecule has 4 rings (SSSR count). The van der Waals surface area contributed by atoms with E-state index in [1.54, 1.807) is 11.4 Å². The van der Waals surface area contributed by atoms with Crippen LogP contribution in [0.15, 0.2) is 35.8 Å². The van der Waals surface area contributed by atoms with Crippen LogP contribution in [0, 0.1) is 0 Å². The number of hydrogen-bond donors (Lipinski definition) is 0. The van der Waals surface area contributed by atoms with E-state index < -0.39 is 68.7 Å². The summed E-state index contributed by atoms with van der Waals surface area (Å²) >= 11 is 1.32. The van der Waals surface area contributed by atoms with Crippen LogP contribution in [0.4, 0.5) is 0 Å². The molecule has 3 heterocycles. The molecule has 1 spiro atoms. The van der Waals surface area contributed by atoms with Crippen molar-refractivity contribution in [1.29, 1.82) is 0 Å². The molecular formula is C23H31NO2S. The lowest BCUT2D eigenvalue weighted by atomic mass is 9.67. The Morgan fingerprint density at radius 1 is 1.30 bits per heavy atom. The van der Waals surface area contributed by atoms with Gasteiger partial charge in [0.2, 0.25) is 0 Å². The smallest absolute Gasteiger partial charge is 0.132 e. The van der Waals surface area contributed by atoms with Gasteiger partial charge in [-0.25, -0.2) is 0 Å². The van der Waals surface area contributed by atoms with Gasteiger partial charge in [-0.15, -0.1) is 11.3 Å². The summed E-state index contributed by atoms with van der Waals surface area (Å²) < 4.78 is 134. The first-order valence-corrected chi connectivity index (χ1v) is 9.58. The van der Waals surface area contributed by atoms with E-state index >= 15 is 0 Å². The third kappa shape index (κ3) is 4.07. The number of aryl methyl sites for hydroxylation is 1. The number of hydrogen-bond acceptors (Lipinski definition) is 4. The highest BCUT2D eigenvalue weighted by Gasteiger charge is 2.48. The Kier molecular flexibility index (Phi) is 2.63. The van der Waals surface area contributed by atoms with Gasteiger partial charge in [0.25, 0.3) is 0 Å². The number of pyridine rings is 1. The molecule has 0 amide bonds. The fourth-order valence-electron chi connectivity index (χ4n) is 3.19. The van der Waals surface area contributed by atoms with Crippen LogP contribution in [0.1, 0.15) is 87.2 Å². The van der Waals surface area contributed by atoms with Crippen LogP contribution in [0.25, 0.3) is 0 Å². The van der Waals surface area contributed by atoms with E-state index in [0.717, 1.165) is 0 Å². The summed E-state index contributed by atoms with van der Waals surface area (Å²) in [5, 5.41) is 1.75. The molecule has 1 aliphatic heterocycles. The Bertz CT molecular complexity index is 1260. The van der Waals surface area contributed by atoms with Crippen LogP contribution in [-0.4, -0.2) is 24.3 Å². The number of aromatic nitrogens is 1. The molecule has 1 saturated carbocycles. The largest absolute Gasteiger partial charge is 0.496 e. The first kappa shape index (κ1) is 8.54. The highest BCUT2D eigenvalue weighted by atomic mass is 32.1. The molecular weight excluding hydrogens is 354 g/mol. The standard InChI is InChI=1S/C23H31NO2S/c1-25-19-10-17-27-20(19)8-2-4-11-22(21-9-3-7-15-24-21)14-16-26-23(18-22)12-5-6-13-23/h3,7,9-10,15,17H,2,4-6,8,11-14,16,18H2,1H3/t22-/m1/s1/i4D2,5D2,6D2,12D2,13D2,14D2,18D2. The van der Waals surface area contributed by atoms with Crippen molar-refractivity contribution >= 4 is 11.3 Å². The molecule has 1 atom stereocenters. The van der Waals surface area contributed by atoms with E-state index in [2.05, 4.69) is 4.98 Å². The van der Waals surface area contributed by atoms with Crippen molar-refractivity contribution < 1.29 is 28.7 Å². The average molecular weight is 400 g/mol. The van der Waals surface area contributed by atoms with E-state index in [0.29, 0.717) is 10.6 Å². The maximum Gasteiger partial charge on any atom is 0.132 e. The zero-order valence-corrected chi connectivity index (χ0v) is 15.8. The fourth-order valence-corrected chi connectivity index (χ4v) is 4.03. The Morgan fingerprint density at radius 2 is 2.19 bits per heavy atom. The molecule has 4 heteroatoms. The quantitative estimate of drug-likeness (QED) is 0.578. The van der Waals surface area contributed by atoms with Gasteiger partial charge < -0.3 is 9.47 Å². The summed E-state index contributed by atoms with van der Waals surface area (Å²) in [6.45, 7) is -1.18. The van der Waals surface area contributed by atoms with Crippen LogP contribution < -0.4 is 4.74 Å². The molecule has 0 N–H and O–H groups in total. The summed E-state index contributed by atoms with van der Waals surface area (Å²) in [4.78, 5) is 4.85. The Morgan fingerprint density at radius 3 is 2.96 bits per heavy atom. The van der Waals surface area contributed by atoms with Crippen molar-refractivity contribution in [3.63, 3.8) is 0 Å². The predicted octanol–water partition coefficient (Wildman–Crippen LogP) is 5.93. The Hall–Kier alpha value is -1.39. The summed E-state index contributed by atoms with van der Waals surface area (Å²) in [5.41, 5.74) is -6.68. The molecule has 0 radical (unpaired) electrons. The van der Waals surface area contributed by atoms with Crippen molar-refractivity contribution in [3.05, 3.63) is 46.4 Å². The molecule has 2 aromatic heterocycles. The molecule has 2 aromatic rings. The average Bonchev–Trinajstić information content (AvgIpc) is 3.34.